The number of alkyl halides is 3. The lowest BCUT2D eigenvalue weighted by Gasteiger charge is -2.29. The molecule has 1 aliphatic heterocycles. The molecule has 1 N–H and O–H groups in total. The Balaban J connectivity index is 2.01. The van der Waals surface area contributed by atoms with Crippen LogP contribution >= 0.6 is 34.8 Å². The van der Waals surface area contributed by atoms with Crippen LogP contribution in [0.4, 0.5) is 18.9 Å². The van der Waals surface area contributed by atoms with E-state index in [-0.39, 0.29) is 37.9 Å². The van der Waals surface area contributed by atoms with Crippen LogP contribution in [-0.4, -0.2) is 17.8 Å². The van der Waals surface area contributed by atoms with Crippen molar-refractivity contribution in [2.45, 2.75) is 25.1 Å². The molecule has 0 aromatic heterocycles. The van der Waals surface area contributed by atoms with E-state index in [1.54, 1.807) is 0 Å². The van der Waals surface area contributed by atoms with Crippen molar-refractivity contribution in [2.75, 3.05) is 5.32 Å². The predicted octanol–water partition coefficient (Wildman–Crippen LogP) is 6.19. The molecule has 1 aliphatic rings. The Morgan fingerprint density at radius 3 is 2.36 bits per heavy atom. The van der Waals surface area contributed by atoms with E-state index in [1.165, 1.54) is 31.2 Å². The monoisotopic (exact) mass is 450 g/mol. The highest BCUT2D eigenvalue weighted by Crippen LogP contribution is 2.49. The van der Waals surface area contributed by atoms with E-state index in [0.29, 0.717) is 5.56 Å². The third-order valence-electron chi connectivity index (χ3n) is 4.13. The quantitative estimate of drug-likeness (QED) is 0.605. The van der Waals surface area contributed by atoms with E-state index in [2.05, 4.69) is 10.5 Å². The molecule has 1 heterocycles. The summed E-state index contributed by atoms with van der Waals surface area (Å²) in [4.78, 5) is 16.2. The van der Waals surface area contributed by atoms with Crippen LogP contribution in [0.3, 0.4) is 0 Å². The second kappa shape index (κ2) is 7.46. The minimum absolute atomic E-state index is 0.0386. The van der Waals surface area contributed by atoms with Crippen molar-refractivity contribution in [3.05, 3.63) is 62.6 Å². The molecule has 4 nitrogen and oxygen atoms in total. The summed E-state index contributed by atoms with van der Waals surface area (Å²) in [6.45, 7) is 1.29. The van der Waals surface area contributed by atoms with Crippen molar-refractivity contribution in [1.29, 1.82) is 0 Å². The third-order valence-corrected chi connectivity index (χ3v) is 4.89. The van der Waals surface area contributed by atoms with Crippen molar-refractivity contribution in [3.63, 3.8) is 0 Å². The van der Waals surface area contributed by atoms with Crippen molar-refractivity contribution in [2.24, 2.45) is 5.16 Å². The number of oxime groups is 1. The predicted molar refractivity (Wildman–Crippen MR) is 102 cm³/mol. The Hall–Kier alpha value is -1.96. The second-order valence-corrected chi connectivity index (χ2v) is 7.44. The zero-order chi connectivity index (χ0) is 20.7. The maximum absolute atomic E-state index is 14.0. The van der Waals surface area contributed by atoms with E-state index < -0.39 is 18.2 Å². The highest BCUT2D eigenvalue weighted by molar-refractivity contribution is 6.35. The van der Waals surface area contributed by atoms with E-state index in [1.807, 2.05) is 0 Å². The summed E-state index contributed by atoms with van der Waals surface area (Å²) in [5.74, 6) is -0.373. The van der Waals surface area contributed by atoms with E-state index >= 15 is 0 Å². The van der Waals surface area contributed by atoms with Crippen molar-refractivity contribution < 1.29 is 22.8 Å². The smallest absolute Gasteiger partial charge is 0.374 e. The average molecular weight is 452 g/mol. The number of hydrogen-bond donors (Lipinski definition) is 1. The fourth-order valence-electron chi connectivity index (χ4n) is 2.84. The maximum Gasteiger partial charge on any atom is 0.435 e. The van der Waals surface area contributed by atoms with Gasteiger partial charge in [-0.3, -0.25) is 4.79 Å². The fraction of sp³-hybridized carbons (Fsp3) is 0.222. The summed E-state index contributed by atoms with van der Waals surface area (Å²) in [7, 11) is 0. The molecule has 0 aliphatic carbocycles. The molecule has 0 bridgehead atoms. The highest BCUT2D eigenvalue weighted by atomic mass is 35.5. The lowest BCUT2D eigenvalue weighted by Crippen LogP contribution is -2.42. The molecular formula is C18H12Cl3F3N2O2. The van der Waals surface area contributed by atoms with Gasteiger partial charge in [0.15, 0.2) is 0 Å². The minimum Gasteiger partial charge on any atom is -0.374 e. The molecule has 3 rings (SSSR count). The molecule has 1 atom stereocenters. The molecule has 0 saturated carbocycles. The van der Waals surface area contributed by atoms with Crippen LogP contribution < -0.4 is 5.32 Å². The maximum atomic E-state index is 14.0. The molecular weight excluding hydrogens is 440 g/mol. The van der Waals surface area contributed by atoms with Gasteiger partial charge in [-0.15, -0.1) is 0 Å². The van der Waals surface area contributed by atoms with Crippen LogP contribution in [0.1, 0.15) is 24.5 Å². The molecule has 1 unspecified atom stereocenters. The Morgan fingerprint density at radius 1 is 1.14 bits per heavy atom. The molecule has 148 valence electrons. The van der Waals surface area contributed by atoms with Gasteiger partial charge >= 0.3 is 6.18 Å². The Bertz CT molecular complexity index is 959. The fourth-order valence-corrected chi connectivity index (χ4v) is 3.53. The Kier molecular flexibility index (Phi) is 5.53. The number of rotatable bonds is 3. The first-order chi connectivity index (χ1) is 13.0. The van der Waals surface area contributed by atoms with Gasteiger partial charge in [-0.2, -0.15) is 13.2 Å². The number of carbonyl (C=O) groups is 1. The summed E-state index contributed by atoms with van der Waals surface area (Å²) >= 11 is 17.8. The molecule has 10 heteroatoms. The molecule has 1 amide bonds. The number of hydrogen-bond acceptors (Lipinski definition) is 3. The van der Waals surface area contributed by atoms with Gasteiger partial charge in [-0.25, -0.2) is 0 Å². The Labute approximate surface area is 173 Å². The molecule has 2 aromatic rings. The minimum atomic E-state index is -4.79. The average Bonchev–Trinajstić information content (AvgIpc) is 3.02. The van der Waals surface area contributed by atoms with E-state index in [4.69, 9.17) is 39.6 Å². The van der Waals surface area contributed by atoms with E-state index in [0.717, 1.165) is 12.1 Å². The Morgan fingerprint density at radius 2 is 1.79 bits per heavy atom. The number of nitrogens with zero attached hydrogens (tertiary/aromatic N) is 1. The normalized spacial score (nSPS) is 19.2. The molecule has 0 fully saturated rings. The standard InChI is InChI=1S/C18H12Cl3F3N2O2/c1-9(27)25-15-4-10(2-3-14(15)21)16-8-17(28-26-16,18(22,23)24)11-5-12(19)7-13(20)6-11/h2-7H,8H2,1H3,(H,25,27). The van der Waals surface area contributed by atoms with Gasteiger partial charge in [0.1, 0.15) is 0 Å². The van der Waals surface area contributed by atoms with Gasteiger partial charge in [0, 0.05) is 34.5 Å². The summed E-state index contributed by atoms with van der Waals surface area (Å²) in [6.07, 6.45) is -5.40. The first-order valence-corrected chi connectivity index (χ1v) is 9.01. The van der Waals surface area contributed by atoms with Gasteiger partial charge in [0.05, 0.1) is 16.4 Å². The van der Waals surface area contributed by atoms with Gasteiger partial charge in [0.25, 0.3) is 5.60 Å². The summed E-state index contributed by atoms with van der Waals surface area (Å²) < 4.78 is 42.0. The number of halogens is 6. The zero-order valence-electron chi connectivity index (χ0n) is 14.2. The summed E-state index contributed by atoms with van der Waals surface area (Å²) in [6, 6.07) is 7.99. The molecule has 0 spiro atoms. The lowest BCUT2D eigenvalue weighted by molar-refractivity contribution is -0.275. The lowest BCUT2D eigenvalue weighted by atomic mass is 9.86. The van der Waals surface area contributed by atoms with Gasteiger partial charge < -0.3 is 10.2 Å². The number of amides is 1. The third kappa shape index (κ3) is 3.92. The molecule has 2 aromatic carbocycles. The zero-order valence-corrected chi connectivity index (χ0v) is 16.5. The first kappa shape index (κ1) is 20.8. The number of benzene rings is 2. The summed E-state index contributed by atoms with van der Waals surface area (Å²) in [5, 5.41) is 6.50. The van der Waals surface area contributed by atoms with Gasteiger partial charge in [-0.05, 0) is 30.3 Å². The molecule has 28 heavy (non-hydrogen) atoms. The first-order valence-electron chi connectivity index (χ1n) is 7.88. The van der Waals surface area contributed by atoms with Crippen molar-refractivity contribution in [1.82, 2.24) is 0 Å². The van der Waals surface area contributed by atoms with Crippen LogP contribution in [0.25, 0.3) is 0 Å². The van der Waals surface area contributed by atoms with Crippen LogP contribution in [0.5, 0.6) is 0 Å². The SMILES string of the molecule is CC(=O)Nc1cc(C2=NOC(c3cc(Cl)cc(Cl)c3)(C(F)(F)F)C2)ccc1Cl. The van der Waals surface area contributed by atoms with Crippen LogP contribution in [-0.2, 0) is 15.2 Å². The molecule has 0 radical (unpaired) electrons. The van der Waals surface area contributed by atoms with Gasteiger partial charge in [0.2, 0.25) is 5.91 Å². The number of carbonyl (C=O) groups excluding carboxylic acids is 1. The number of anilines is 1. The summed E-state index contributed by atoms with van der Waals surface area (Å²) in [5.41, 5.74) is -2.37. The second-order valence-electron chi connectivity index (χ2n) is 6.16. The van der Waals surface area contributed by atoms with Crippen LogP contribution in [0, 0.1) is 0 Å². The van der Waals surface area contributed by atoms with Crippen LogP contribution in [0.15, 0.2) is 41.6 Å². The van der Waals surface area contributed by atoms with Crippen LogP contribution in [0.2, 0.25) is 15.1 Å². The van der Waals surface area contributed by atoms with Crippen molar-refractivity contribution >= 4 is 52.1 Å². The topological polar surface area (TPSA) is 50.7 Å². The number of nitrogens with one attached hydrogen (secondary N) is 1. The van der Waals surface area contributed by atoms with Gasteiger partial charge in [-0.1, -0.05) is 46.0 Å². The highest BCUT2D eigenvalue weighted by Gasteiger charge is 2.62. The molecule has 0 saturated heterocycles. The van der Waals surface area contributed by atoms with Crippen molar-refractivity contribution in [3.8, 4) is 0 Å². The largest absolute Gasteiger partial charge is 0.435 e. The van der Waals surface area contributed by atoms with E-state index in [9.17, 15) is 18.0 Å².